The number of rotatable bonds is 4. The van der Waals surface area contributed by atoms with Gasteiger partial charge in [0, 0.05) is 12.1 Å². The highest BCUT2D eigenvalue weighted by Gasteiger charge is 2.33. The normalized spacial score (nSPS) is 18.0. The maximum Gasteiger partial charge on any atom is 0.358 e. The van der Waals surface area contributed by atoms with E-state index < -0.39 is 17.6 Å². The third-order valence-corrected chi connectivity index (χ3v) is 5.78. The van der Waals surface area contributed by atoms with Crippen LogP contribution in [0.4, 0.5) is 8.78 Å². The summed E-state index contributed by atoms with van der Waals surface area (Å²) in [4.78, 5) is 20.4. The van der Waals surface area contributed by atoms with Crippen LogP contribution in [0.15, 0.2) is 36.7 Å². The lowest BCUT2D eigenvalue weighted by atomic mass is 9.74. The fourth-order valence-electron chi connectivity index (χ4n) is 4.22. The van der Waals surface area contributed by atoms with E-state index in [1.165, 1.54) is 31.5 Å². The molecule has 2 heterocycles. The number of halogens is 2. The van der Waals surface area contributed by atoms with E-state index in [4.69, 9.17) is 4.74 Å². The van der Waals surface area contributed by atoms with Crippen LogP contribution in [0.25, 0.3) is 11.3 Å². The highest BCUT2D eigenvalue weighted by atomic mass is 19.1. The van der Waals surface area contributed by atoms with Gasteiger partial charge in [0.15, 0.2) is 5.69 Å². The molecule has 0 radical (unpaired) electrons. The van der Waals surface area contributed by atoms with Gasteiger partial charge in [0.05, 0.1) is 36.0 Å². The molecule has 0 N–H and O–H groups in total. The van der Waals surface area contributed by atoms with Crippen LogP contribution < -0.4 is 0 Å². The SMILES string of the molecule is COC(=O)c1cncc(C2CCC(C(C)C)c3cc(-c4c(F)cccc4F)nnc32)n1. The Morgan fingerprint density at radius 3 is 2.55 bits per heavy atom. The molecule has 6 nitrogen and oxygen atoms in total. The molecule has 2 unspecified atom stereocenters. The summed E-state index contributed by atoms with van der Waals surface area (Å²) in [5.74, 6) is -1.70. The molecule has 4 rings (SSSR count). The molecule has 1 aliphatic carbocycles. The van der Waals surface area contributed by atoms with E-state index in [1.807, 2.05) is 0 Å². The number of hydrogen-bond acceptors (Lipinski definition) is 6. The van der Waals surface area contributed by atoms with Gasteiger partial charge in [-0.3, -0.25) is 4.98 Å². The Morgan fingerprint density at radius 2 is 1.87 bits per heavy atom. The summed E-state index contributed by atoms with van der Waals surface area (Å²) in [6, 6.07) is 5.46. The lowest BCUT2D eigenvalue weighted by molar-refractivity contribution is 0.0593. The van der Waals surface area contributed by atoms with Crippen LogP contribution in [0, 0.1) is 17.6 Å². The number of aromatic nitrogens is 4. The molecule has 31 heavy (non-hydrogen) atoms. The molecule has 1 aliphatic rings. The molecule has 0 bridgehead atoms. The monoisotopic (exact) mass is 424 g/mol. The second kappa shape index (κ2) is 8.45. The number of ether oxygens (including phenoxy) is 1. The topological polar surface area (TPSA) is 77.9 Å². The maximum absolute atomic E-state index is 14.3. The van der Waals surface area contributed by atoms with Crippen LogP contribution in [-0.4, -0.2) is 33.2 Å². The third kappa shape index (κ3) is 3.89. The van der Waals surface area contributed by atoms with Crippen molar-refractivity contribution >= 4 is 5.97 Å². The summed E-state index contributed by atoms with van der Waals surface area (Å²) in [6.07, 6.45) is 4.54. The molecule has 0 fully saturated rings. The van der Waals surface area contributed by atoms with Crippen molar-refractivity contribution in [3.05, 3.63) is 70.9 Å². The molecule has 3 aromatic rings. The lowest BCUT2D eigenvalue weighted by Crippen LogP contribution is -2.22. The highest BCUT2D eigenvalue weighted by molar-refractivity contribution is 5.86. The zero-order chi connectivity index (χ0) is 22.1. The average molecular weight is 424 g/mol. The number of hydrogen-bond donors (Lipinski definition) is 0. The fraction of sp³-hybridized carbons (Fsp3) is 0.348. The molecule has 0 amide bonds. The summed E-state index contributed by atoms with van der Waals surface area (Å²) < 4.78 is 33.4. The summed E-state index contributed by atoms with van der Waals surface area (Å²) in [6.45, 7) is 4.21. The fourth-order valence-corrected chi connectivity index (χ4v) is 4.22. The second-order valence-corrected chi connectivity index (χ2v) is 7.97. The van der Waals surface area contributed by atoms with E-state index in [-0.39, 0.29) is 28.8 Å². The van der Waals surface area contributed by atoms with E-state index in [0.717, 1.165) is 18.4 Å². The van der Waals surface area contributed by atoms with Crippen LogP contribution in [0.5, 0.6) is 0 Å². The van der Waals surface area contributed by atoms with E-state index in [1.54, 1.807) is 12.3 Å². The first kappa shape index (κ1) is 21.0. The second-order valence-electron chi connectivity index (χ2n) is 7.97. The largest absolute Gasteiger partial charge is 0.464 e. The number of nitrogens with zero attached hydrogens (tertiary/aromatic N) is 4. The molecule has 0 saturated carbocycles. The minimum atomic E-state index is -0.681. The lowest BCUT2D eigenvalue weighted by Gasteiger charge is -2.32. The molecule has 2 atom stereocenters. The van der Waals surface area contributed by atoms with Crippen molar-refractivity contribution < 1.29 is 18.3 Å². The maximum atomic E-state index is 14.3. The van der Waals surface area contributed by atoms with Gasteiger partial charge in [-0.15, -0.1) is 5.10 Å². The molecule has 2 aromatic heterocycles. The quantitative estimate of drug-likeness (QED) is 0.567. The van der Waals surface area contributed by atoms with Crippen molar-refractivity contribution in [2.24, 2.45) is 5.92 Å². The molecule has 0 aliphatic heterocycles. The molecule has 160 valence electrons. The van der Waals surface area contributed by atoms with Crippen molar-refractivity contribution in [2.75, 3.05) is 7.11 Å². The van der Waals surface area contributed by atoms with E-state index in [0.29, 0.717) is 17.3 Å². The van der Waals surface area contributed by atoms with Crippen LogP contribution in [0.2, 0.25) is 0 Å². The summed E-state index contributed by atoms with van der Waals surface area (Å²) in [5.41, 5.74) is 2.27. The number of carbonyl (C=O) groups is 1. The zero-order valence-electron chi connectivity index (χ0n) is 17.5. The first-order valence-electron chi connectivity index (χ1n) is 10.1. The van der Waals surface area contributed by atoms with Gasteiger partial charge in [-0.25, -0.2) is 18.6 Å². The van der Waals surface area contributed by atoms with Crippen molar-refractivity contribution in [1.29, 1.82) is 0 Å². The zero-order valence-corrected chi connectivity index (χ0v) is 17.5. The Hall–Kier alpha value is -3.29. The number of fused-ring (bicyclic) bond motifs is 1. The Balaban J connectivity index is 1.83. The van der Waals surface area contributed by atoms with Crippen LogP contribution in [-0.2, 0) is 4.74 Å². The number of benzene rings is 1. The highest BCUT2D eigenvalue weighted by Crippen LogP contribution is 2.44. The van der Waals surface area contributed by atoms with E-state index >= 15 is 0 Å². The average Bonchev–Trinajstić information content (AvgIpc) is 2.77. The summed E-state index contributed by atoms with van der Waals surface area (Å²) in [5, 5.41) is 8.55. The number of carbonyl (C=O) groups excluding carboxylic acids is 1. The minimum absolute atomic E-state index is 0.116. The van der Waals surface area contributed by atoms with Gasteiger partial charge in [-0.2, -0.15) is 5.10 Å². The van der Waals surface area contributed by atoms with Gasteiger partial charge in [-0.05, 0) is 48.4 Å². The van der Waals surface area contributed by atoms with Gasteiger partial charge in [0.1, 0.15) is 11.6 Å². The molecule has 0 spiro atoms. The van der Waals surface area contributed by atoms with Crippen LogP contribution in [0.1, 0.15) is 66.0 Å². The number of esters is 1. The Bertz CT molecular complexity index is 1120. The van der Waals surface area contributed by atoms with Crippen molar-refractivity contribution in [3.8, 4) is 11.3 Å². The predicted molar refractivity (Wildman–Crippen MR) is 109 cm³/mol. The standard InChI is InChI=1S/C23H22F2N4O2/c1-12(2)13-7-8-14(19-10-26-11-20(27-19)23(30)31-3)22-15(13)9-18(28-29-22)21-16(24)5-4-6-17(21)25/h4-6,9-14H,7-8H2,1-3H3. The predicted octanol–water partition coefficient (Wildman–Crippen LogP) is 4.66. The van der Waals surface area contributed by atoms with Gasteiger partial charge in [0.2, 0.25) is 0 Å². The summed E-state index contributed by atoms with van der Waals surface area (Å²) >= 11 is 0. The first-order valence-corrected chi connectivity index (χ1v) is 10.1. The van der Waals surface area contributed by atoms with Gasteiger partial charge in [0.25, 0.3) is 0 Å². The van der Waals surface area contributed by atoms with Crippen molar-refractivity contribution in [2.45, 2.75) is 38.5 Å². The number of methoxy groups -OCH3 is 1. The minimum Gasteiger partial charge on any atom is -0.464 e. The Labute approximate surface area is 178 Å². The van der Waals surface area contributed by atoms with Gasteiger partial charge in [-0.1, -0.05) is 19.9 Å². The van der Waals surface area contributed by atoms with E-state index in [2.05, 4.69) is 34.0 Å². The Kier molecular flexibility index (Phi) is 5.71. The van der Waals surface area contributed by atoms with Gasteiger partial charge >= 0.3 is 5.97 Å². The van der Waals surface area contributed by atoms with Gasteiger partial charge < -0.3 is 4.74 Å². The molecule has 8 heteroatoms. The van der Waals surface area contributed by atoms with Crippen molar-refractivity contribution in [1.82, 2.24) is 20.2 Å². The van der Waals surface area contributed by atoms with Crippen LogP contribution >= 0.6 is 0 Å². The molecule has 1 aromatic carbocycles. The molecular formula is C23H22F2N4O2. The van der Waals surface area contributed by atoms with Crippen molar-refractivity contribution in [3.63, 3.8) is 0 Å². The summed E-state index contributed by atoms with van der Waals surface area (Å²) in [7, 11) is 1.29. The first-order chi connectivity index (χ1) is 14.9. The molecule has 0 saturated heterocycles. The third-order valence-electron chi connectivity index (χ3n) is 5.78. The van der Waals surface area contributed by atoms with E-state index in [9.17, 15) is 13.6 Å². The smallest absolute Gasteiger partial charge is 0.358 e. The Morgan fingerprint density at radius 1 is 1.13 bits per heavy atom. The van der Waals surface area contributed by atoms with Crippen LogP contribution in [0.3, 0.4) is 0 Å². The molecular weight excluding hydrogens is 402 g/mol.